The first-order valence-corrected chi connectivity index (χ1v) is 9.15. The lowest BCUT2D eigenvalue weighted by molar-refractivity contribution is -0.104. The summed E-state index contributed by atoms with van der Waals surface area (Å²) in [6, 6.07) is 3.30. The van der Waals surface area contributed by atoms with Crippen LogP contribution in [0.3, 0.4) is 0 Å². The Kier molecular flexibility index (Phi) is 4.13. The summed E-state index contributed by atoms with van der Waals surface area (Å²) in [6.07, 6.45) is 0. The average molecular weight is 470 g/mol. The molecule has 0 saturated heterocycles. The van der Waals surface area contributed by atoms with Crippen molar-refractivity contribution in [2.24, 2.45) is 0 Å². The summed E-state index contributed by atoms with van der Waals surface area (Å²) in [5.41, 5.74) is -3.65. The predicted octanol–water partition coefficient (Wildman–Crippen LogP) is 2.09. The molecule has 0 aliphatic carbocycles. The normalized spacial score (nSPS) is 11.4. The monoisotopic (exact) mass is 470 g/mol. The van der Waals surface area contributed by atoms with Crippen molar-refractivity contribution < 1.29 is 54.0 Å². The molecule has 2 heterocycles. The van der Waals surface area contributed by atoms with Gasteiger partial charge in [-0.15, -0.1) is 0 Å². The quantitative estimate of drug-likeness (QED) is 0.0729. The Labute approximate surface area is 184 Å². The number of benzene rings is 3. The molecule has 0 unspecified atom stereocenters. The number of rotatable bonds is 4. The number of hydrogen-bond acceptors (Lipinski definition) is 12. The molecule has 0 saturated carbocycles. The maximum absolute atomic E-state index is 12.6. The van der Waals surface area contributed by atoms with Crippen molar-refractivity contribution in [2.45, 2.75) is 0 Å². The van der Waals surface area contributed by atoms with Gasteiger partial charge in [-0.25, -0.2) is 14.4 Å². The number of hydrogen-bond donors (Lipinski definition) is 6. The van der Waals surface area contributed by atoms with Crippen molar-refractivity contribution in [1.29, 1.82) is 0 Å². The number of aromatic carboxylic acids is 1. The van der Waals surface area contributed by atoms with Crippen LogP contribution < -0.4 is 21.0 Å². The molecule has 5 rings (SSSR count). The minimum atomic E-state index is -1.45. The minimum Gasteiger partial charge on any atom is -0.504 e. The van der Waals surface area contributed by atoms with Gasteiger partial charge in [0.1, 0.15) is 0 Å². The number of phenols is 5. The van der Waals surface area contributed by atoms with Gasteiger partial charge >= 0.3 is 17.2 Å². The number of phenolic OH excluding ortho intramolecular Hbond substituents is 5. The van der Waals surface area contributed by atoms with E-state index in [1.54, 1.807) is 0 Å². The Morgan fingerprint density at radius 2 is 1.15 bits per heavy atom. The lowest BCUT2D eigenvalue weighted by Gasteiger charge is -2.14. The molecule has 0 atom stereocenters. The van der Waals surface area contributed by atoms with Gasteiger partial charge in [0.2, 0.25) is 5.75 Å². The van der Waals surface area contributed by atoms with E-state index in [-0.39, 0.29) is 21.5 Å². The highest BCUT2D eigenvalue weighted by Crippen LogP contribution is 2.46. The molecule has 2 aromatic heterocycles. The third-order valence-electron chi connectivity index (χ3n) is 5.04. The summed E-state index contributed by atoms with van der Waals surface area (Å²) >= 11 is 0. The fourth-order valence-corrected chi connectivity index (χ4v) is 3.54. The lowest BCUT2D eigenvalue weighted by atomic mass is 10.0. The van der Waals surface area contributed by atoms with Crippen LogP contribution in [-0.4, -0.2) is 36.6 Å². The smallest absolute Gasteiger partial charge is 0.344 e. The van der Waals surface area contributed by atoms with Gasteiger partial charge in [0.05, 0.1) is 16.3 Å². The third-order valence-corrected chi connectivity index (χ3v) is 5.04. The van der Waals surface area contributed by atoms with E-state index in [0.29, 0.717) is 0 Å². The molecule has 0 fully saturated rings. The van der Waals surface area contributed by atoms with E-state index in [9.17, 15) is 39.9 Å². The highest BCUT2D eigenvalue weighted by molar-refractivity contribution is 6.22. The first kappa shape index (κ1) is 20.6. The summed E-state index contributed by atoms with van der Waals surface area (Å²) in [5.74, 6) is -6.88. The fourth-order valence-electron chi connectivity index (χ4n) is 3.54. The number of carbonyl (C=O) groups is 1. The van der Waals surface area contributed by atoms with Gasteiger partial charge in [-0.05, 0) is 24.3 Å². The van der Waals surface area contributed by atoms with Gasteiger partial charge < -0.3 is 39.5 Å². The van der Waals surface area contributed by atoms with Gasteiger partial charge in [0, 0.05) is 10.8 Å². The van der Waals surface area contributed by atoms with E-state index in [2.05, 4.69) is 0 Å². The Balaban J connectivity index is 1.75. The lowest BCUT2D eigenvalue weighted by Crippen LogP contribution is -2.09. The van der Waals surface area contributed by atoms with Gasteiger partial charge in [-0.3, -0.25) is 9.78 Å². The second-order valence-electron chi connectivity index (χ2n) is 7.07. The van der Waals surface area contributed by atoms with Crippen molar-refractivity contribution in [3.05, 3.63) is 50.7 Å². The van der Waals surface area contributed by atoms with Crippen LogP contribution in [0.4, 0.5) is 0 Å². The maximum atomic E-state index is 12.6. The Morgan fingerprint density at radius 1 is 0.676 bits per heavy atom. The van der Waals surface area contributed by atoms with E-state index in [4.69, 9.17) is 23.7 Å². The molecule has 172 valence electrons. The van der Waals surface area contributed by atoms with Crippen LogP contribution >= 0.6 is 0 Å². The Hall–Kier alpha value is -5.33. The molecule has 0 amide bonds. The first-order chi connectivity index (χ1) is 16.1. The zero-order chi connectivity index (χ0) is 24.5. The van der Waals surface area contributed by atoms with Crippen molar-refractivity contribution in [1.82, 2.24) is 0 Å². The van der Waals surface area contributed by atoms with Crippen molar-refractivity contribution >= 4 is 38.7 Å². The van der Waals surface area contributed by atoms with Crippen LogP contribution in [-0.2, 0) is 0 Å². The van der Waals surface area contributed by atoms with E-state index >= 15 is 0 Å². The maximum Gasteiger partial charge on any atom is 0.344 e. The topological polar surface area (TPSA) is 217 Å². The Bertz CT molecular complexity index is 1750. The summed E-state index contributed by atoms with van der Waals surface area (Å²) in [7, 11) is 0. The van der Waals surface area contributed by atoms with E-state index < -0.39 is 74.2 Å². The zero-order valence-corrected chi connectivity index (χ0v) is 16.4. The SMILES string of the molecule is O=C(O)c1cc(O)c(OOc2c(O)cc3c(=O)oc4c(O)c(O)cc5c(=O)oc2c3c45)c(O)c1. The standard InChI is InChI=1S/C21H10O13/c22-8-3-6-12-13-7(20(29)31-17(12)14(8)26)4-11(25)16(18(13)32-21(6)30)34-33-15-9(23)1-5(19(27)28)2-10(15)24/h1-4,22-26H,(H,27,28). The average Bonchev–Trinajstić information content (AvgIpc) is 2.76. The molecule has 34 heavy (non-hydrogen) atoms. The van der Waals surface area contributed by atoms with Crippen molar-refractivity contribution in [3.8, 4) is 40.2 Å². The van der Waals surface area contributed by atoms with Crippen LogP contribution in [0.5, 0.6) is 40.2 Å². The molecule has 0 radical (unpaired) electrons. The molecule has 0 spiro atoms. The highest BCUT2D eigenvalue weighted by Gasteiger charge is 2.27. The molecule has 13 heteroatoms. The fraction of sp³-hybridized carbons (Fsp3) is 0. The molecule has 6 N–H and O–H groups in total. The second-order valence-corrected chi connectivity index (χ2v) is 7.07. The van der Waals surface area contributed by atoms with Gasteiger partial charge in [0.15, 0.2) is 34.2 Å². The number of aromatic hydroxyl groups is 5. The van der Waals surface area contributed by atoms with Crippen LogP contribution in [0.15, 0.2) is 42.7 Å². The van der Waals surface area contributed by atoms with Crippen LogP contribution in [0, 0.1) is 0 Å². The van der Waals surface area contributed by atoms with Gasteiger partial charge in [-0.2, -0.15) is 0 Å². The van der Waals surface area contributed by atoms with E-state index in [1.807, 2.05) is 0 Å². The van der Waals surface area contributed by atoms with Crippen LogP contribution in [0.1, 0.15) is 10.4 Å². The molecule has 0 bridgehead atoms. The number of carboxylic acids is 1. The molecule has 5 aromatic rings. The van der Waals surface area contributed by atoms with Crippen molar-refractivity contribution in [3.63, 3.8) is 0 Å². The Morgan fingerprint density at radius 3 is 1.74 bits per heavy atom. The van der Waals surface area contributed by atoms with Gasteiger partial charge in [0.25, 0.3) is 11.5 Å². The predicted molar refractivity (Wildman–Crippen MR) is 110 cm³/mol. The minimum absolute atomic E-state index is 0.127. The first-order valence-electron chi connectivity index (χ1n) is 9.15. The molecule has 13 nitrogen and oxygen atoms in total. The van der Waals surface area contributed by atoms with Gasteiger partial charge in [-0.1, -0.05) is 0 Å². The van der Waals surface area contributed by atoms with Crippen LogP contribution in [0.25, 0.3) is 32.7 Å². The van der Waals surface area contributed by atoms with Crippen molar-refractivity contribution in [2.75, 3.05) is 0 Å². The second kappa shape index (κ2) is 6.83. The summed E-state index contributed by atoms with van der Waals surface area (Å²) in [5, 5.41) is 58.5. The van der Waals surface area contributed by atoms with E-state index in [1.165, 1.54) is 0 Å². The molecule has 0 aliphatic heterocycles. The largest absolute Gasteiger partial charge is 0.504 e. The molecule has 3 aromatic carbocycles. The number of carboxylic acid groups (broad SMARTS) is 1. The molecular formula is C21H10O13. The third kappa shape index (κ3) is 2.77. The molecule has 0 aliphatic rings. The summed E-state index contributed by atoms with van der Waals surface area (Å²) in [6.45, 7) is 0. The van der Waals surface area contributed by atoms with Crippen LogP contribution in [0.2, 0.25) is 0 Å². The molecular weight excluding hydrogens is 460 g/mol. The highest BCUT2D eigenvalue weighted by atomic mass is 17.2. The summed E-state index contributed by atoms with van der Waals surface area (Å²) in [4.78, 5) is 45.9. The zero-order valence-electron chi connectivity index (χ0n) is 16.4. The van der Waals surface area contributed by atoms with E-state index in [0.717, 1.165) is 24.3 Å². The summed E-state index contributed by atoms with van der Waals surface area (Å²) < 4.78 is 10.2.